The molecule has 1 aromatic carbocycles. The fraction of sp³-hybridized carbons (Fsp3) is 0.600. The highest BCUT2D eigenvalue weighted by molar-refractivity contribution is 7.89. The number of urea groups is 1. The van der Waals surface area contributed by atoms with Crippen LogP contribution < -0.4 is 5.32 Å². The number of hydrogen-bond donors (Lipinski definition) is 1. The van der Waals surface area contributed by atoms with Crippen LogP contribution in [0, 0.1) is 17.2 Å². The Morgan fingerprint density at radius 2 is 1.79 bits per heavy atom. The second kappa shape index (κ2) is 8.93. The van der Waals surface area contributed by atoms with Crippen LogP contribution >= 0.6 is 0 Å². The molecule has 1 saturated heterocycles. The topological polar surface area (TPSA) is 93.5 Å². The summed E-state index contributed by atoms with van der Waals surface area (Å²) in [7, 11) is -3.74. The molecule has 0 radical (unpaired) electrons. The Kier molecular flexibility index (Phi) is 6.57. The van der Waals surface area contributed by atoms with Crippen LogP contribution in [-0.4, -0.2) is 55.9 Å². The van der Waals surface area contributed by atoms with E-state index in [2.05, 4.69) is 12.2 Å². The normalized spacial score (nSPS) is 23.8. The largest absolute Gasteiger partial charge is 0.335 e. The lowest BCUT2D eigenvalue weighted by Gasteiger charge is -2.36. The van der Waals surface area contributed by atoms with Gasteiger partial charge in [-0.2, -0.15) is 9.57 Å². The number of nitriles is 1. The van der Waals surface area contributed by atoms with Crippen molar-refractivity contribution >= 4 is 16.1 Å². The first-order valence-electron chi connectivity index (χ1n) is 10.0. The van der Waals surface area contributed by atoms with Crippen molar-refractivity contribution in [1.82, 2.24) is 14.5 Å². The van der Waals surface area contributed by atoms with Gasteiger partial charge in [-0.05, 0) is 43.7 Å². The number of carbonyl (C=O) groups is 1. The molecule has 1 aliphatic heterocycles. The van der Waals surface area contributed by atoms with E-state index in [-0.39, 0.29) is 35.6 Å². The van der Waals surface area contributed by atoms with Crippen molar-refractivity contribution in [2.75, 3.05) is 26.2 Å². The van der Waals surface area contributed by atoms with Gasteiger partial charge in [0.05, 0.1) is 10.5 Å². The first-order chi connectivity index (χ1) is 13.5. The van der Waals surface area contributed by atoms with Gasteiger partial charge in [-0.1, -0.05) is 25.5 Å². The number of sulfonamides is 1. The van der Waals surface area contributed by atoms with Crippen LogP contribution in [0.5, 0.6) is 0 Å². The van der Waals surface area contributed by atoms with Crippen LogP contribution in [0.15, 0.2) is 29.2 Å². The molecular formula is C20H28N4O3S. The lowest BCUT2D eigenvalue weighted by atomic mass is 9.84. The van der Waals surface area contributed by atoms with E-state index in [0.29, 0.717) is 13.1 Å². The molecule has 0 spiro atoms. The summed E-state index contributed by atoms with van der Waals surface area (Å²) in [6, 6.07) is 8.28. The molecule has 1 aromatic rings. The molecule has 0 atom stereocenters. The molecule has 152 valence electrons. The zero-order valence-electron chi connectivity index (χ0n) is 16.3. The van der Waals surface area contributed by atoms with E-state index in [1.54, 1.807) is 17.0 Å². The average Bonchev–Trinajstić information content (AvgIpc) is 2.74. The van der Waals surface area contributed by atoms with Crippen molar-refractivity contribution < 1.29 is 13.2 Å². The SMILES string of the molecule is CCC1CCC(NC(=O)N2CCN(S(=O)(=O)c3ccccc3C#N)CC2)CC1. The Morgan fingerprint density at radius 1 is 1.14 bits per heavy atom. The maximum Gasteiger partial charge on any atom is 0.317 e. The summed E-state index contributed by atoms with van der Waals surface area (Å²) in [6.45, 7) is 3.39. The van der Waals surface area contributed by atoms with Crippen molar-refractivity contribution in [2.24, 2.45) is 5.92 Å². The average molecular weight is 405 g/mol. The van der Waals surface area contributed by atoms with E-state index < -0.39 is 10.0 Å². The monoisotopic (exact) mass is 404 g/mol. The smallest absolute Gasteiger partial charge is 0.317 e. The van der Waals surface area contributed by atoms with Crippen LogP contribution in [0.1, 0.15) is 44.6 Å². The van der Waals surface area contributed by atoms with Gasteiger partial charge in [-0.3, -0.25) is 0 Å². The van der Waals surface area contributed by atoms with E-state index in [1.165, 1.54) is 22.9 Å². The van der Waals surface area contributed by atoms with Crippen molar-refractivity contribution in [3.63, 3.8) is 0 Å². The van der Waals surface area contributed by atoms with E-state index >= 15 is 0 Å². The van der Waals surface area contributed by atoms with Gasteiger partial charge in [0.15, 0.2) is 0 Å². The summed E-state index contributed by atoms with van der Waals surface area (Å²) < 4.78 is 27.1. The minimum Gasteiger partial charge on any atom is -0.335 e. The maximum absolute atomic E-state index is 12.9. The number of carbonyl (C=O) groups excluding carboxylic acids is 1. The number of nitrogens with one attached hydrogen (secondary N) is 1. The van der Waals surface area contributed by atoms with E-state index in [9.17, 15) is 18.5 Å². The van der Waals surface area contributed by atoms with E-state index in [1.807, 2.05) is 6.07 Å². The lowest BCUT2D eigenvalue weighted by Crippen LogP contribution is -2.54. The van der Waals surface area contributed by atoms with Crippen molar-refractivity contribution in [3.05, 3.63) is 29.8 Å². The molecule has 1 N–H and O–H groups in total. The molecule has 0 unspecified atom stereocenters. The van der Waals surface area contributed by atoms with Crippen LogP contribution in [-0.2, 0) is 10.0 Å². The fourth-order valence-corrected chi connectivity index (χ4v) is 5.60. The van der Waals surface area contributed by atoms with Gasteiger partial charge < -0.3 is 10.2 Å². The van der Waals surface area contributed by atoms with Crippen LogP contribution in [0.3, 0.4) is 0 Å². The predicted molar refractivity (Wildman–Crippen MR) is 106 cm³/mol. The van der Waals surface area contributed by atoms with Crippen molar-refractivity contribution in [3.8, 4) is 6.07 Å². The summed E-state index contributed by atoms with van der Waals surface area (Å²) in [6.07, 6.45) is 5.55. The molecule has 3 rings (SSSR count). The summed E-state index contributed by atoms with van der Waals surface area (Å²) in [5, 5.41) is 12.3. The molecule has 2 amide bonds. The second-order valence-corrected chi connectivity index (χ2v) is 9.48. The molecule has 2 aliphatic rings. The van der Waals surface area contributed by atoms with Crippen LogP contribution in [0.4, 0.5) is 4.79 Å². The standard InChI is InChI=1S/C20H28N4O3S/c1-2-16-7-9-18(10-8-16)22-20(25)23-11-13-24(14-12-23)28(26,27)19-6-4-3-5-17(19)15-21/h3-6,16,18H,2,7-14H2,1H3,(H,22,25). The Bertz CT molecular complexity index is 833. The number of piperazine rings is 1. The number of rotatable bonds is 4. The number of benzene rings is 1. The molecule has 28 heavy (non-hydrogen) atoms. The molecule has 8 heteroatoms. The van der Waals surface area contributed by atoms with E-state index in [4.69, 9.17) is 0 Å². The second-order valence-electron chi connectivity index (χ2n) is 7.57. The van der Waals surface area contributed by atoms with Gasteiger partial charge in [0, 0.05) is 32.2 Å². The molecule has 1 heterocycles. The highest BCUT2D eigenvalue weighted by Gasteiger charge is 2.32. The Hall–Kier alpha value is -2.11. The number of nitrogens with zero attached hydrogens (tertiary/aromatic N) is 3. The molecule has 0 aromatic heterocycles. The van der Waals surface area contributed by atoms with Crippen LogP contribution in [0.25, 0.3) is 0 Å². The first-order valence-corrected chi connectivity index (χ1v) is 11.4. The highest BCUT2D eigenvalue weighted by atomic mass is 32.2. The summed E-state index contributed by atoms with van der Waals surface area (Å²) in [4.78, 5) is 14.3. The maximum atomic E-state index is 12.9. The lowest BCUT2D eigenvalue weighted by molar-refractivity contribution is 0.164. The zero-order valence-corrected chi connectivity index (χ0v) is 17.1. The zero-order chi connectivity index (χ0) is 20.1. The van der Waals surface area contributed by atoms with Gasteiger partial charge in [-0.15, -0.1) is 0 Å². The third kappa shape index (κ3) is 4.47. The Morgan fingerprint density at radius 3 is 2.39 bits per heavy atom. The fourth-order valence-electron chi connectivity index (χ4n) is 4.04. The molecule has 0 bridgehead atoms. The molecule has 1 aliphatic carbocycles. The van der Waals surface area contributed by atoms with Gasteiger partial charge >= 0.3 is 6.03 Å². The minimum atomic E-state index is -3.74. The number of amides is 2. The van der Waals surface area contributed by atoms with Crippen LogP contribution in [0.2, 0.25) is 0 Å². The number of hydrogen-bond acceptors (Lipinski definition) is 4. The highest BCUT2D eigenvalue weighted by Crippen LogP contribution is 2.26. The third-order valence-electron chi connectivity index (χ3n) is 5.90. The summed E-state index contributed by atoms with van der Waals surface area (Å²) in [5.74, 6) is 0.776. The van der Waals surface area contributed by atoms with Crippen molar-refractivity contribution in [1.29, 1.82) is 5.26 Å². The van der Waals surface area contributed by atoms with Gasteiger partial charge in [-0.25, -0.2) is 13.2 Å². The van der Waals surface area contributed by atoms with Gasteiger partial charge in [0.25, 0.3) is 0 Å². The summed E-state index contributed by atoms with van der Waals surface area (Å²) in [5.41, 5.74) is 0.144. The molecule has 1 saturated carbocycles. The minimum absolute atomic E-state index is 0.0306. The predicted octanol–water partition coefficient (Wildman–Crippen LogP) is 2.54. The first kappa shape index (κ1) is 20.6. The third-order valence-corrected chi connectivity index (χ3v) is 7.86. The van der Waals surface area contributed by atoms with E-state index in [0.717, 1.165) is 31.6 Å². The van der Waals surface area contributed by atoms with Gasteiger partial charge in [0.1, 0.15) is 6.07 Å². The van der Waals surface area contributed by atoms with Gasteiger partial charge in [0.2, 0.25) is 10.0 Å². The Balaban J connectivity index is 1.55. The molecule has 2 fully saturated rings. The summed E-state index contributed by atoms with van der Waals surface area (Å²) >= 11 is 0. The Labute approximate surface area is 167 Å². The van der Waals surface area contributed by atoms with Crippen molar-refractivity contribution in [2.45, 2.75) is 50.0 Å². The quantitative estimate of drug-likeness (QED) is 0.834. The molecule has 7 nitrogen and oxygen atoms in total. The molecular weight excluding hydrogens is 376 g/mol.